The molecule has 1 atom stereocenters. The minimum atomic E-state index is -0.868. The molecule has 0 aromatic heterocycles. The van der Waals surface area contributed by atoms with Gasteiger partial charge in [0.05, 0.1) is 12.3 Å². The van der Waals surface area contributed by atoms with Gasteiger partial charge in [0, 0.05) is 5.54 Å². The molecule has 0 saturated carbocycles. The third-order valence-corrected chi connectivity index (χ3v) is 4.92. The quantitative estimate of drug-likeness (QED) is 0.847. The number of rotatable bonds is 6. The molecule has 22 heavy (non-hydrogen) atoms. The molecule has 1 amide bonds. The summed E-state index contributed by atoms with van der Waals surface area (Å²) in [5.74, 6) is -1.05. The number of aliphatic carboxylic acids is 1. The molecule has 4 nitrogen and oxygen atoms in total. The molecule has 1 aliphatic rings. The van der Waals surface area contributed by atoms with Gasteiger partial charge in [0.25, 0.3) is 0 Å². The SMILES string of the molecule is CCC(CC)(CC(=O)O)NC(=O)C1CCCc2ccccc21. The molecule has 0 saturated heterocycles. The van der Waals surface area contributed by atoms with Gasteiger partial charge in [-0.1, -0.05) is 38.1 Å². The van der Waals surface area contributed by atoms with Crippen LogP contribution in [0.5, 0.6) is 0 Å². The average Bonchev–Trinajstić information content (AvgIpc) is 2.53. The number of benzene rings is 1. The lowest BCUT2D eigenvalue weighted by Crippen LogP contribution is -2.50. The lowest BCUT2D eigenvalue weighted by molar-refractivity contribution is -0.139. The number of carbonyl (C=O) groups is 2. The number of fused-ring (bicyclic) bond motifs is 1. The van der Waals surface area contributed by atoms with Crippen LogP contribution in [0, 0.1) is 0 Å². The van der Waals surface area contributed by atoms with Crippen molar-refractivity contribution in [2.75, 3.05) is 0 Å². The molecule has 4 heteroatoms. The van der Waals surface area contributed by atoms with Crippen molar-refractivity contribution in [3.63, 3.8) is 0 Å². The van der Waals surface area contributed by atoms with Gasteiger partial charge in [-0.05, 0) is 43.2 Å². The summed E-state index contributed by atoms with van der Waals surface area (Å²) in [6, 6.07) is 8.08. The predicted molar refractivity (Wildman–Crippen MR) is 85.8 cm³/mol. The van der Waals surface area contributed by atoms with Crippen LogP contribution in [-0.4, -0.2) is 22.5 Å². The second kappa shape index (κ2) is 6.95. The summed E-state index contributed by atoms with van der Waals surface area (Å²) in [5, 5.41) is 12.2. The first-order valence-corrected chi connectivity index (χ1v) is 8.13. The fourth-order valence-corrected chi connectivity index (χ4v) is 3.39. The van der Waals surface area contributed by atoms with Crippen molar-refractivity contribution >= 4 is 11.9 Å². The van der Waals surface area contributed by atoms with Crippen LogP contribution in [0.4, 0.5) is 0 Å². The van der Waals surface area contributed by atoms with Gasteiger partial charge in [-0.3, -0.25) is 9.59 Å². The van der Waals surface area contributed by atoms with Gasteiger partial charge in [-0.2, -0.15) is 0 Å². The summed E-state index contributed by atoms with van der Waals surface area (Å²) in [6.45, 7) is 3.86. The Balaban J connectivity index is 2.20. The zero-order valence-electron chi connectivity index (χ0n) is 13.4. The largest absolute Gasteiger partial charge is 0.481 e. The Morgan fingerprint density at radius 1 is 1.27 bits per heavy atom. The van der Waals surface area contributed by atoms with Gasteiger partial charge in [0.1, 0.15) is 0 Å². The molecular formula is C18H25NO3. The molecule has 2 rings (SSSR count). The average molecular weight is 303 g/mol. The number of carboxylic acids is 1. The molecule has 2 N–H and O–H groups in total. The van der Waals surface area contributed by atoms with Crippen molar-refractivity contribution in [1.29, 1.82) is 0 Å². The third kappa shape index (κ3) is 3.49. The summed E-state index contributed by atoms with van der Waals surface area (Å²) in [7, 11) is 0. The van der Waals surface area contributed by atoms with E-state index in [1.165, 1.54) is 5.56 Å². The highest BCUT2D eigenvalue weighted by atomic mass is 16.4. The Bertz CT molecular complexity index is 549. The van der Waals surface area contributed by atoms with Crippen LogP contribution < -0.4 is 5.32 Å². The first-order valence-electron chi connectivity index (χ1n) is 8.13. The summed E-state index contributed by atoms with van der Waals surface area (Å²) < 4.78 is 0. The first-order chi connectivity index (χ1) is 10.5. The monoisotopic (exact) mass is 303 g/mol. The molecule has 0 radical (unpaired) electrons. The Labute approximate surface area is 131 Å². The maximum Gasteiger partial charge on any atom is 0.305 e. The molecule has 0 fully saturated rings. The second-order valence-electron chi connectivity index (χ2n) is 6.19. The van der Waals surface area contributed by atoms with Crippen LogP contribution in [0.25, 0.3) is 0 Å². The predicted octanol–water partition coefficient (Wildman–Crippen LogP) is 3.26. The molecule has 1 aliphatic carbocycles. The van der Waals surface area contributed by atoms with E-state index >= 15 is 0 Å². The van der Waals surface area contributed by atoms with Crippen LogP contribution in [0.3, 0.4) is 0 Å². The van der Waals surface area contributed by atoms with E-state index in [4.69, 9.17) is 5.11 Å². The smallest absolute Gasteiger partial charge is 0.305 e. The van der Waals surface area contributed by atoms with Crippen LogP contribution >= 0.6 is 0 Å². The third-order valence-electron chi connectivity index (χ3n) is 4.92. The molecule has 0 heterocycles. The Morgan fingerprint density at radius 3 is 2.59 bits per heavy atom. The van der Waals surface area contributed by atoms with Crippen LogP contribution in [0.1, 0.15) is 63.0 Å². The van der Waals surface area contributed by atoms with E-state index in [2.05, 4.69) is 11.4 Å². The summed E-state index contributed by atoms with van der Waals surface area (Å²) in [4.78, 5) is 23.9. The Morgan fingerprint density at radius 2 is 1.95 bits per heavy atom. The topological polar surface area (TPSA) is 66.4 Å². The van der Waals surface area contributed by atoms with E-state index < -0.39 is 11.5 Å². The minimum Gasteiger partial charge on any atom is -0.481 e. The van der Waals surface area contributed by atoms with E-state index in [0.29, 0.717) is 12.8 Å². The van der Waals surface area contributed by atoms with E-state index in [1.54, 1.807) is 0 Å². The molecule has 1 unspecified atom stereocenters. The van der Waals surface area contributed by atoms with Crippen LogP contribution in [0.2, 0.25) is 0 Å². The number of carboxylic acid groups (broad SMARTS) is 1. The molecule has 0 spiro atoms. The standard InChI is InChI=1S/C18H25NO3/c1-3-18(4-2,12-16(20)21)19-17(22)15-11-7-9-13-8-5-6-10-14(13)15/h5-6,8,10,15H,3-4,7,9,11-12H2,1-2H3,(H,19,22)(H,20,21). The lowest BCUT2D eigenvalue weighted by Gasteiger charge is -2.34. The van der Waals surface area contributed by atoms with Gasteiger partial charge in [0.15, 0.2) is 0 Å². The maximum atomic E-state index is 12.8. The van der Waals surface area contributed by atoms with Crippen molar-refractivity contribution in [2.45, 2.75) is 63.8 Å². The van der Waals surface area contributed by atoms with E-state index in [0.717, 1.165) is 24.8 Å². The van der Waals surface area contributed by atoms with Crippen molar-refractivity contribution in [2.24, 2.45) is 0 Å². The first kappa shape index (κ1) is 16.5. The summed E-state index contributed by atoms with van der Waals surface area (Å²) in [6.07, 6.45) is 4.06. The fourth-order valence-electron chi connectivity index (χ4n) is 3.39. The van der Waals surface area contributed by atoms with Gasteiger partial charge in [-0.25, -0.2) is 0 Å². The van der Waals surface area contributed by atoms with Crippen molar-refractivity contribution in [3.8, 4) is 0 Å². The van der Waals surface area contributed by atoms with Gasteiger partial charge >= 0.3 is 5.97 Å². The minimum absolute atomic E-state index is 0.0277. The maximum absolute atomic E-state index is 12.8. The number of amides is 1. The molecule has 1 aromatic rings. The number of aryl methyl sites for hydroxylation is 1. The van der Waals surface area contributed by atoms with Crippen molar-refractivity contribution in [3.05, 3.63) is 35.4 Å². The number of nitrogens with one attached hydrogen (secondary N) is 1. The van der Waals surface area contributed by atoms with E-state index in [1.807, 2.05) is 32.0 Å². The Hall–Kier alpha value is -1.84. The normalized spacial score (nSPS) is 17.6. The van der Waals surface area contributed by atoms with E-state index in [-0.39, 0.29) is 18.2 Å². The van der Waals surface area contributed by atoms with Gasteiger partial charge in [0.2, 0.25) is 5.91 Å². The number of hydrogen-bond donors (Lipinski definition) is 2. The zero-order chi connectivity index (χ0) is 16.2. The molecule has 0 bridgehead atoms. The number of carbonyl (C=O) groups excluding carboxylic acids is 1. The highest BCUT2D eigenvalue weighted by Gasteiger charge is 2.34. The highest BCUT2D eigenvalue weighted by Crippen LogP contribution is 2.32. The van der Waals surface area contributed by atoms with Crippen molar-refractivity contribution in [1.82, 2.24) is 5.32 Å². The van der Waals surface area contributed by atoms with Gasteiger partial charge < -0.3 is 10.4 Å². The van der Waals surface area contributed by atoms with Gasteiger partial charge in [-0.15, -0.1) is 0 Å². The number of hydrogen-bond acceptors (Lipinski definition) is 2. The Kier molecular flexibility index (Phi) is 5.22. The molecule has 120 valence electrons. The highest BCUT2D eigenvalue weighted by molar-refractivity contribution is 5.85. The van der Waals surface area contributed by atoms with Crippen molar-refractivity contribution < 1.29 is 14.7 Å². The molecular weight excluding hydrogens is 278 g/mol. The zero-order valence-corrected chi connectivity index (χ0v) is 13.4. The lowest BCUT2D eigenvalue weighted by atomic mass is 9.81. The van der Waals surface area contributed by atoms with Crippen LogP contribution in [0.15, 0.2) is 24.3 Å². The second-order valence-corrected chi connectivity index (χ2v) is 6.19. The molecule has 1 aromatic carbocycles. The van der Waals surface area contributed by atoms with E-state index in [9.17, 15) is 9.59 Å². The van der Waals surface area contributed by atoms with Crippen LogP contribution in [-0.2, 0) is 16.0 Å². The fraction of sp³-hybridized carbons (Fsp3) is 0.556. The molecule has 0 aliphatic heterocycles. The summed E-state index contributed by atoms with van der Waals surface area (Å²) in [5.41, 5.74) is 1.70. The summed E-state index contributed by atoms with van der Waals surface area (Å²) >= 11 is 0.